The van der Waals surface area contributed by atoms with Crippen LogP contribution < -0.4 is 15.4 Å². The first-order valence-electron chi connectivity index (χ1n) is 14.8. The molecule has 0 spiro atoms. The van der Waals surface area contributed by atoms with Gasteiger partial charge < -0.3 is 20.5 Å². The van der Waals surface area contributed by atoms with Gasteiger partial charge in [-0.15, -0.1) is 0 Å². The third kappa shape index (κ3) is 10.3. The summed E-state index contributed by atoms with van der Waals surface area (Å²) in [6, 6.07) is 32.4. The molecule has 0 aliphatic carbocycles. The highest BCUT2D eigenvalue weighted by molar-refractivity contribution is 6.12. The first kappa shape index (κ1) is 31.8. The molecule has 3 N–H and O–H groups in total. The molecule has 0 radical (unpaired) electrons. The number of para-hydroxylation sites is 1. The highest BCUT2D eigenvalue weighted by atomic mass is 16.5. The number of ketones is 1. The number of carbonyl (C=O) groups is 3. The number of amides is 1. The molecule has 226 valence electrons. The third-order valence-electron chi connectivity index (χ3n) is 7.01. The number of ether oxygens (including phenoxy) is 1. The number of benzene rings is 4. The number of carboxylic acid groups (broad SMARTS) is 1. The summed E-state index contributed by atoms with van der Waals surface area (Å²) >= 11 is 0. The van der Waals surface area contributed by atoms with Crippen molar-refractivity contribution in [1.82, 2.24) is 5.32 Å². The second-order valence-electron chi connectivity index (χ2n) is 10.4. The van der Waals surface area contributed by atoms with Crippen LogP contribution >= 0.6 is 0 Å². The van der Waals surface area contributed by atoms with Crippen molar-refractivity contribution in [3.63, 3.8) is 0 Å². The van der Waals surface area contributed by atoms with Crippen molar-refractivity contribution in [1.29, 1.82) is 0 Å². The van der Waals surface area contributed by atoms with E-state index in [1.807, 2.05) is 54.6 Å². The molecule has 44 heavy (non-hydrogen) atoms. The van der Waals surface area contributed by atoms with E-state index >= 15 is 0 Å². The average Bonchev–Trinajstić information content (AvgIpc) is 3.05. The van der Waals surface area contributed by atoms with Crippen LogP contribution in [0, 0.1) is 0 Å². The molecule has 1 amide bonds. The Balaban J connectivity index is 1.18. The maximum Gasteiger partial charge on any atom is 0.326 e. The predicted molar refractivity (Wildman–Crippen MR) is 173 cm³/mol. The fourth-order valence-electron chi connectivity index (χ4n) is 4.64. The van der Waals surface area contributed by atoms with Gasteiger partial charge in [0.2, 0.25) is 5.91 Å². The molecular weight excluding hydrogens is 552 g/mol. The third-order valence-corrected chi connectivity index (χ3v) is 7.01. The monoisotopic (exact) mass is 590 g/mol. The molecule has 0 saturated heterocycles. The summed E-state index contributed by atoms with van der Waals surface area (Å²) in [5.74, 6) is -0.502. The van der Waals surface area contributed by atoms with E-state index < -0.39 is 12.0 Å². The lowest BCUT2D eigenvalue weighted by molar-refractivity contribution is -0.137. The minimum absolute atomic E-state index is 0.0207. The van der Waals surface area contributed by atoms with E-state index in [1.165, 1.54) is 5.56 Å². The number of hydrogen-bond donors (Lipinski definition) is 3. The average molecular weight is 591 g/mol. The van der Waals surface area contributed by atoms with Crippen LogP contribution in [-0.2, 0) is 22.4 Å². The Morgan fingerprint density at radius 1 is 0.773 bits per heavy atom. The van der Waals surface area contributed by atoms with E-state index in [0.717, 1.165) is 12.0 Å². The molecule has 7 nitrogen and oxygen atoms in total. The van der Waals surface area contributed by atoms with Gasteiger partial charge in [0.15, 0.2) is 5.78 Å². The summed E-state index contributed by atoms with van der Waals surface area (Å²) in [5, 5.41) is 15.9. The second-order valence-corrected chi connectivity index (χ2v) is 10.4. The van der Waals surface area contributed by atoms with Crippen LogP contribution in [0.1, 0.15) is 46.3 Å². The fourth-order valence-corrected chi connectivity index (χ4v) is 4.64. The van der Waals surface area contributed by atoms with Crippen LogP contribution in [0.4, 0.5) is 5.69 Å². The van der Waals surface area contributed by atoms with Crippen LogP contribution in [-0.4, -0.2) is 42.0 Å². The van der Waals surface area contributed by atoms with E-state index in [-0.39, 0.29) is 18.1 Å². The van der Waals surface area contributed by atoms with E-state index in [1.54, 1.807) is 48.5 Å². The van der Waals surface area contributed by atoms with Gasteiger partial charge in [-0.25, -0.2) is 4.79 Å². The Morgan fingerprint density at radius 3 is 2.18 bits per heavy atom. The summed E-state index contributed by atoms with van der Waals surface area (Å²) in [6.45, 7) is 0.979. The van der Waals surface area contributed by atoms with E-state index in [2.05, 4.69) is 28.8 Å². The number of nitrogens with one attached hydrogen (secondary N) is 2. The Morgan fingerprint density at radius 2 is 1.45 bits per heavy atom. The van der Waals surface area contributed by atoms with E-state index in [0.29, 0.717) is 55.0 Å². The summed E-state index contributed by atoms with van der Waals surface area (Å²) in [5.41, 5.74) is 3.49. The molecule has 4 aromatic carbocycles. The molecule has 0 aromatic heterocycles. The van der Waals surface area contributed by atoms with Gasteiger partial charge in [-0.1, -0.05) is 97.1 Å². The van der Waals surface area contributed by atoms with Crippen LogP contribution in [0.15, 0.2) is 121 Å². The fraction of sp³-hybridized carbons (Fsp3) is 0.216. The Kier molecular flexibility index (Phi) is 12.3. The van der Waals surface area contributed by atoms with Gasteiger partial charge in [-0.05, 0) is 54.7 Å². The Bertz CT molecular complexity index is 1520. The molecule has 1 atom stereocenters. The summed E-state index contributed by atoms with van der Waals surface area (Å²) < 4.78 is 5.80. The molecule has 0 bridgehead atoms. The van der Waals surface area contributed by atoms with Crippen molar-refractivity contribution in [2.24, 2.45) is 0 Å². The molecule has 0 unspecified atom stereocenters. The largest absolute Gasteiger partial charge is 0.494 e. The molecule has 4 rings (SSSR count). The number of aliphatic carboxylic acids is 1. The quantitative estimate of drug-likeness (QED) is 0.0738. The molecule has 7 heteroatoms. The molecule has 4 aromatic rings. The topological polar surface area (TPSA) is 105 Å². The van der Waals surface area contributed by atoms with Gasteiger partial charge in [-0.2, -0.15) is 0 Å². The summed E-state index contributed by atoms with van der Waals surface area (Å²) in [6.07, 6.45) is 7.05. The van der Waals surface area contributed by atoms with Crippen molar-refractivity contribution in [2.45, 2.75) is 38.1 Å². The normalized spacial score (nSPS) is 11.5. The van der Waals surface area contributed by atoms with Gasteiger partial charge in [-0.3, -0.25) is 9.59 Å². The van der Waals surface area contributed by atoms with E-state index in [9.17, 15) is 19.5 Å². The second kappa shape index (κ2) is 17.1. The standard InChI is InChI=1S/C37H38N2O5/c40-35(20-9-2-6-15-28-13-4-1-5-14-28)38-25-12-26-44-31-23-21-29(22-24-31)27-34(37(42)43)39-33-19-11-10-18-32(33)36(41)30-16-7-3-8-17-30/h1-8,10-11,13-14,16-19,21-24,34,39H,9,12,15,20,25-27H2,(H,38,40)(H,42,43)/t34-/m0/s1. The lowest BCUT2D eigenvalue weighted by Crippen LogP contribution is -2.32. The van der Waals surface area contributed by atoms with Crippen LogP contribution in [0.2, 0.25) is 0 Å². The van der Waals surface area contributed by atoms with E-state index in [4.69, 9.17) is 4.74 Å². The van der Waals surface area contributed by atoms with Crippen LogP contribution in [0.25, 0.3) is 0 Å². The number of carboxylic acids is 1. The lowest BCUT2D eigenvalue weighted by Gasteiger charge is -2.18. The molecule has 0 aliphatic heterocycles. The first-order valence-corrected chi connectivity index (χ1v) is 14.8. The minimum Gasteiger partial charge on any atom is -0.494 e. The zero-order valence-corrected chi connectivity index (χ0v) is 24.7. The molecule has 0 saturated carbocycles. The van der Waals surface area contributed by atoms with Crippen molar-refractivity contribution in [3.8, 4) is 5.75 Å². The van der Waals surface area contributed by atoms with Crippen molar-refractivity contribution >= 4 is 23.3 Å². The Labute approximate surface area is 258 Å². The van der Waals surface area contributed by atoms with Crippen molar-refractivity contribution in [3.05, 3.63) is 144 Å². The number of rotatable bonds is 17. The van der Waals surface area contributed by atoms with Gasteiger partial charge >= 0.3 is 5.97 Å². The summed E-state index contributed by atoms with van der Waals surface area (Å²) in [4.78, 5) is 37.2. The first-order chi connectivity index (χ1) is 21.5. The number of anilines is 1. The van der Waals surface area contributed by atoms with Gasteiger partial charge in [0.05, 0.1) is 6.61 Å². The number of allylic oxidation sites excluding steroid dienone is 2. The van der Waals surface area contributed by atoms with Crippen molar-refractivity contribution < 1.29 is 24.2 Å². The van der Waals surface area contributed by atoms with Crippen molar-refractivity contribution in [2.75, 3.05) is 18.5 Å². The van der Waals surface area contributed by atoms with Gasteiger partial charge in [0.1, 0.15) is 11.8 Å². The van der Waals surface area contributed by atoms with Gasteiger partial charge in [0.25, 0.3) is 0 Å². The number of carbonyl (C=O) groups excluding carboxylic acids is 2. The molecule has 0 aliphatic rings. The lowest BCUT2D eigenvalue weighted by atomic mass is 10.00. The Hall–Kier alpha value is -5.17. The van der Waals surface area contributed by atoms with Crippen LogP contribution in [0.5, 0.6) is 5.75 Å². The molecule has 0 heterocycles. The minimum atomic E-state index is -1.02. The maximum absolute atomic E-state index is 13.1. The zero-order chi connectivity index (χ0) is 31.0. The van der Waals surface area contributed by atoms with Crippen LogP contribution in [0.3, 0.4) is 0 Å². The molecule has 0 fully saturated rings. The smallest absolute Gasteiger partial charge is 0.326 e. The number of hydrogen-bond acceptors (Lipinski definition) is 5. The maximum atomic E-state index is 13.1. The highest BCUT2D eigenvalue weighted by Crippen LogP contribution is 2.22. The SMILES string of the molecule is O=C(CCC=CCc1ccccc1)NCCCOc1ccc(C[C@H](Nc2ccccc2C(=O)c2ccccc2)C(=O)O)cc1. The predicted octanol–water partition coefficient (Wildman–Crippen LogP) is 6.49. The molecular formula is C37H38N2O5. The summed E-state index contributed by atoms with van der Waals surface area (Å²) in [7, 11) is 0. The van der Waals surface area contributed by atoms with Gasteiger partial charge in [0, 0.05) is 36.2 Å². The zero-order valence-electron chi connectivity index (χ0n) is 24.7. The highest BCUT2D eigenvalue weighted by Gasteiger charge is 2.21.